The van der Waals surface area contributed by atoms with Crippen molar-refractivity contribution in [1.29, 1.82) is 0 Å². The molecule has 0 aromatic heterocycles. The molecule has 5 heteroatoms. The first kappa shape index (κ1) is 13.9. The fourth-order valence-corrected chi connectivity index (χ4v) is 3.59. The Hall–Kier alpha value is -1.10. The van der Waals surface area contributed by atoms with Crippen LogP contribution in [0.5, 0.6) is 0 Å². The topological polar surface area (TPSA) is 58.6 Å². The molecule has 20 heavy (non-hydrogen) atoms. The molecule has 2 heterocycles. The molecule has 2 atom stereocenters. The molecule has 1 saturated carbocycles. The van der Waals surface area contributed by atoms with Crippen molar-refractivity contribution in [1.82, 2.24) is 10.2 Å². The largest absolute Gasteiger partial charge is 0.379 e. The highest BCUT2D eigenvalue weighted by Crippen LogP contribution is 2.42. The van der Waals surface area contributed by atoms with Crippen LogP contribution in [-0.2, 0) is 14.3 Å². The number of amides is 2. The van der Waals surface area contributed by atoms with Crippen LogP contribution in [0.3, 0.4) is 0 Å². The Morgan fingerprint density at radius 1 is 1.30 bits per heavy atom. The lowest BCUT2D eigenvalue weighted by Crippen LogP contribution is -2.63. The van der Waals surface area contributed by atoms with Crippen molar-refractivity contribution in [2.75, 3.05) is 19.8 Å². The Balaban J connectivity index is 1.89. The van der Waals surface area contributed by atoms with Gasteiger partial charge in [0.2, 0.25) is 11.8 Å². The summed E-state index contributed by atoms with van der Waals surface area (Å²) < 4.78 is 5.60. The number of carbonyl (C=O) groups excluding carboxylic acids is 2. The van der Waals surface area contributed by atoms with Crippen molar-refractivity contribution in [3.63, 3.8) is 0 Å². The van der Waals surface area contributed by atoms with Crippen LogP contribution in [0.15, 0.2) is 0 Å². The highest BCUT2D eigenvalue weighted by molar-refractivity contribution is 5.94. The van der Waals surface area contributed by atoms with E-state index in [0.29, 0.717) is 25.5 Å². The maximum atomic E-state index is 13.1. The molecule has 0 radical (unpaired) electrons. The van der Waals surface area contributed by atoms with Gasteiger partial charge in [0.15, 0.2) is 0 Å². The molecule has 2 saturated heterocycles. The summed E-state index contributed by atoms with van der Waals surface area (Å²) in [6, 6.07) is 0. The van der Waals surface area contributed by atoms with Gasteiger partial charge in [-0.3, -0.25) is 9.59 Å². The van der Waals surface area contributed by atoms with Gasteiger partial charge in [-0.2, -0.15) is 0 Å². The van der Waals surface area contributed by atoms with E-state index in [-0.39, 0.29) is 17.4 Å². The summed E-state index contributed by atoms with van der Waals surface area (Å²) in [4.78, 5) is 27.0. The molecule has 2 unspecified atom stereocenters. The Morgan fingerprint density at radius 3 is 2.65 bits per heavy atom. The summed E-state index contributed by atoms with van der Waals surface area (Å²) in [5.41, 5.74) is -0.980. The molecular formula is C15H24N2O3. The van der Waals surface area contributed by atoms with E-state index in [2.05, 4.69) is 12.2 Å². The molecule has 3 rings (SSSR count). The Kier molecular flexibility index (Phi) is 3.27. The van der Waals surface area contributed by atoms with Crippen molar-refractivity contribution in [3.8, 4) is 0 Å². The van der Waals surface area contributed by atoms with Gasteiger partial charge in [0.05, 0.1) is 12.1 Å². The van der Waals surface area contributed by atoms with Crippen LogP contribution in [0.2, 0.25) is 0 Å². The molecule has 2 amide bonds. The number of carbonyl (C=O) groups is 2. The minimum atomic E-state index is -0.714. The van der Waals surface area contributed by atoms with Gasteiger partial charge in [0, 0.05) is 19.6 Å². The zero-order valence-corrected chi connectivity index (χ0v) is 12.4. The van der Waals surface area contributed by atoms with E-state index in [1.807, 2.05) is 11.8 Å². The minimum Gasteiger partial charge on any atom is -0.379 e. The van der Waals surface area contributed by atoms with E-state index in [9.17, 15) is 9.59 Å². The summed E-state index contributed by atoms with van der Waals surface area (Å²) in [6.45, 7) is 5.85. The van der Waals surface area contributed by atoms with Gasteiger partial charge in [-0.1, -0.05) is 0 Å². The molecular weight excluding hydrogens is 256 g/mol. The van der Waals surface area contributed by atoms with Gasteiger partial charge in [-0.05, 0) is 45.4 Å². The average Bonchev–Trinajstić information content (AvgIpc) is 3.23. The molecule has 1 aliphatic carbocycles. The van der Waals surface area contributed by atoms with Crippen molar-refractivity contribution in [2.24, 2.45) is 5.92 Å². The SMILES string of the molecule is CC1(C2CC2)NC(=O)CCN(C2(C)CCCOC2)C1=O. The quantitative estimate of drug-likeness (QED) is 0.823. The summed E-state index contributed by atoms with van der Waals surface area (Å²) >= 11 is 0. The molecule has 0 aromatic carbocycles. The number of ether oxygens (including phenoxy) is 1. The van der Waals surface area contributed by atoms with Crippen LogP contribution in [0, 0.1) is 5.92 Å². The predicted octanol–water partition coefficient (Wildman–Crippen LogP) is 1.07. The fourth-order valence-electron chi connectivity index (χ4n) is 3.59. The third-order valence-corrected chi connectivity index (χ3v) is 5.11. The van der Waals surface area contributed by atoms with Crippen molar-refractivity contribution in [2.45, 2.75) is 57.0 Å². The lowest BCUT2D eigenvalue weighted by atomic mass is 9.88. The average molecular weight is 280 g/mol. The van der Waals surface area contributed by atoms with Crippen LogP contribution < -0.4 is 5.32 Å². The van der Waals surface area contributed by atoms with Gasteiger partial charge < -0.3 is 15.0 Å². The highest BCUT2D eigenvalue weighted by atomic mass is 16.5. The lowest BCUT2D eigenvalue weighted by Gasteiger charge is -2.45. The molecule has 0 bridgehead atoms. The molecule has 3 fully saturated rings. The van der Waals surface area contributed by atoms with Gasteiger partial charge in [0.25, 0.3) is 0 Å². The number of hydrogen-bond donors (Lipinski definition) is 1. The molecule has 3 aliphatic rings. The van der Waals surface area contributed by atoms with E-state index in [1.165, 1.54) is 0 Å². The Bertz CT molecular complexity index is 427. The van der Waals surface area contributed by atoms with E-state index < -0.39 is 5.54 Å². The normalized spacial score (nSPS) is 39.4. The first-order valence-corrected chi connectivity index (χ1v) is 7.66. The van der Waals surface area contributed by atoms with Gasteiger partial charge in [-0.25, -0.2) is 0 Å². The number of hydrogen-bond acceptors (Lipinski definition) is 3. The van der Waals surface area contributed by atoms with Gasteiger partial charge in [0.1, 0.15) is 5.54 Å². The second-order valence-corrected chi connectivity index (χ2v) is 6.88. The maximum Gasteiger partial charge on any atom is 0.248 e. The molecule has 0 spiro atoms. The van der Waals surface area contributed by atoms with Crippen LogP contribution in [0.25, 0.3) is 0 Å². The predicted molar refractivity (Wildman–Crippen MR) is 74.1 cm³/mol. The fraction of sp³-hybridized carbons (Fsp3) is 0.867. The van der Waals surface area contributed by atoms with E-state index in [0.717, 1.165) is 32.3 Å². The molecule has 2 aliphatic heterocycles. The van der Waals surface area contributed by atoms with Crippen molar-refractivity contribution in [3.05, 3.63) is 0 Å². The smallest absolute Gasteiger partial charge is 0.248 e. The summed E-state index contributed by atoms with van der Waals surface area (Å²) in [5, 5.41) is 2.98. The Morgan fingerprint density at radius 2 is 2.05 bits per heavy atom. The van der Waals surface area contributed by atoms with Crippen LogP contribution >= 0.6 is 0 Å². The zero-order chi connectivity index (χ0) is 14.4. The molecule has 1 N–H and O–H groups in total. The Labute approximate surface area is 120 Å². The van der Waals surface area contributed by atoms with Crippen LogP contribution in [0.1, 0.15) is 46.0 Å². The summed E-state index contributed by atoms with van der Waals surface area (Å²) in [6.07, 6.45) is 4.38. The van der Waals surface area contributed by atoms with Crippen LogP contribution in [-0.4, -0.2) is 47.6 Å². The van der Waals surface area contributed by atoms with Gasteiger partial charge in [-0.15, -0.1) is 0 Å². The molecule has 5 nitrogen and oxygen atoms in total. The van der Waals surface area contributed by atoms with E-state index in [4.69, 9.17) is 4.74 Å². The molecule has 112 valence electrons. The minimum absolute atomic E-state index is 0.00409. The first-order valence-electron chi connectivity index (χ1n) is 7.66. The van der Waals surface area contributed by atoms with Crippen molar-refractivity contribution >= 4 is 11.8 Å². The second kappa shape index (κ2) is 4.72. The van der Waals surface area contributed by atoms with E-state index in [1.54, 1.807) is 0 Å². The van der Waals surface area contributed by atoms with Crippen LogP contribution in [0.4, 0.5) is 0 Å². The highest BCUT2D eigenvalue weighted by Gasteiger charge is 2.54. The lowest BCUT2D eigenvalue weighted by molar-refractivity contribution is -0.149. The van der Waals surface area contributed by atoms with E-state index >= 15 is 0 Å². The third kappa shape index (κ3) is 2.22. The number of nitrogens with zero attached hydrogens (tertiary/aromatic N) is 1. The van der Waals surface area contributed by atoms with Gasteiger partial charge >= 0.3 is 0 Å². The van der Waals surface area contributed by atoms with Crippen molar-refractivity contribution < 1.29 is 14.3 Å². The molecule has 0 aromatic rings. The number of nitrogens with one attached hydrogen (secondary N) is 1. The number of rotatable bonds is 2. The first-order chi connectivity index (χ1) is 9.46. The standard InChI is InChI=1S/C15H24N2O3/c1-14(7-3-9-20-10-14)17-8-6-12(18)16-15(2,13(17)19)11-4-5-11/h11H,3-10H2,1-2H3,(H,16,18). The summed E-state index contributed by atoms with van der Waals surface area (Å²) in [7, 11) is 0. The summed E-state index contributed by atoms with van der Waals surface area (Å²) in [5.74, 6) is 0.377. The monoisotopic (exact) mass is 280 g/mol. The second-order valence-electron chi connectivity index (χ2n) is 6.88. The maximum absolute atomic E-state index is 13.1. The zero-order valence-electron chi connectivity index (χ0n) is 12.4. The third-order valence-electron chi connectivity index (χ3n) is 5.11.